The minimum atomic E-state index is 0.145. The van der Waals surface area contributed by atoms with Crippen LogP contribution < -0.4 is 5.32 Å². The molecule has 1 spiro atoms. The molecule has 1 amide bonds. The highest BCUT2D eigenvalue weighted by atomic mass is 16.2. The van der Waals surface area contributed by atoms with Crippen molar-refractivity contribution >= 4 is 5.91 Å². The Bertz CT molecular complexity index is 839. The third-order valence-electron chi connectivity index (χ3n) is 7.19. The van der Waals surface area contributed by atoms with Crippen molar-refractivity contribution in [1.29, 1.82) is 0 Å². The largest absolute Gasteiger partial charge is 0.334 e. The lowest BCUT2D eigenvalue weighted by Gasteiger charge is -2.30. The number of amides is 1. The molecule has 2 saturated carbocycles. The van der Waals surface area contributed by atoms with Crippen molar-refractivity contribution in [3.05, 3.63) is 54.1 Å². The highest BCUT2D eigenvalue weighted by Gasteiger charge is 2.59. The number of imidazole rings is 1. The number of aromatic nitrogens is 2. The average molecular weight is 379 g/mol. The first-order chi connectivity index (χ1) is 13.7. The van der Waals surface area contributed by atoms with Crippen molar-refractivity contribution in [2.45, 2.75) is 57.7 Å². The van der Waals surface area contributed by atoms with Gasteiger partial charge in [-0.25, -0.2) is 4.98 Å². The van der Waals surface area contributed by atoms with Crippen molar-refractivity contribution in [2.24, 2.45) is 11.3 Å². The van der Waals surface area contributed by atoms with Crippen LogP contribution in [0.3, 0.4) is 0 Å². The zero-order valence-corrected chi connectivity index (χ0v) is 16.7. The van der Waals surface area contributed by atoms with Gasteiger partial charge in [-0.1, -0.05) is 30.3 Å². The monoisotopic (exact) mass is 378 g/mol. The molecule has 5 nitrogen and oxygen atoms in total. The fourth-order valence-corrected chi connectivity index (χ4v) is 5.25. The fraction of sp³-hybridized carbons (Fsp3) is 0.565. The Morgan fingerprint density at radius 2 is 2.07 bits per heavy atom. The Hall–Kier alpha value is -2.14. The second kappa shape index (κ2) is 7.03. The maximum Gasteiger partial charge on any atom is 0.226 e. The Labute approximate surface area is 167 Å². The van der Waals surface area contributed by atoms with Gasteiger partial charge in [-0.3, -0.25) is 4.79 Å². The van der Waals surface area contributed by atoms with E-state index >= 15 is 0 Å². The topological polar surface area (TPSA) is 50.2 Å². The van der Waals surface area contributed by atoms with E-state index in [1.807, 2.05) is 18.5 Å². The van der Waals surface area contributed by atoms with Crippen LogP contribution in [0, 0.1) is 11.3 Å². The Balaban J connectivity index is 1.36. The molecule has 148 valence electrons. The molecule has 0 radical (unpaired) electrons. The van der Waals surface area contributed by atoms with Gasteiger partial charge >= 0.3 is 0 Å². The van der Waals surface area contributed by atoms with Crippen LogP contribution in [0.25, 0.3) is 0 Å². The second-order valence-corrected chi connectivity index (χ2v) is 8.79. The molecule has 1 N–H and O–H groups in total. The highest BCUT2D eigenvalue weighted by Crippen LogP contribution is 2.58. The van der Waals surface area contributed by atoms with Gasteiger partial charge in [0.1, 0.15) is 5.82 Å². The van der Waals surface area contributed by atoms with Gasteiger partial charge in [0, 0.05) is 30.9 Å². The molecule has 1 aromatic carbocycles. The van der Waals surface area contributed by atoms with Crippen LogP contribution in [0.2, 0.25) is 0 Å². The fourth-order valence-electron chi connectivity index (χ4n) is 5.25. The van der Waals surface area contributed by atoms with E-state index in [0.717, 1.165) is 38.3 Å². The van der Waals surface area contributed by atoms with Crippen molar-refractivity contribution in [3.8, 4) is 0 Å². The minimum absolute atomic E-state index is 0.145. The zero-order valence-electron chi connectivity index (χ0n) is 16.7. The first-order valence-corrected chi connectivity index (χ1v) is 10.8. The van der Waals surface area contributed by atoms with Gasteiger partial charge in [-0.2, -0.15) is 0 Å². The predicted molar refractivity (Wildman–Crippen MR) is 109 cm³/mol. The van der Waals surface area contributed by atoms with E-state index in [0.29, 0.717) is 29.8 Å². The van der Waals surface area contributed by atoms with Gasteiger partial charge in [0.2, 0.25) is 5.91 Å². The lowest BCUT2D eigenvalue weighted by molar-refractivity contribution is -0.134. The molecule has 5 rings (SSSR count). The molecule has 2 aromatic rings. The summed E-state index contributed by atoms with van der Waals surface area (Å²) in [5, 5.41) is 3.48. The molecule has 0 bridgehead atoms. The van der Waals surface area contributed by atoms with E-state index in [1.165, 1.54) is 18.4 Å². The number of benzene rings is 1. The lowest BCUT2D eigenvalue weighted by Crippen LogP contribution is -2.40. The van der Waals surface area contributed by atoms with Gasteiger partial charge in [-0.05, 0) is 62.6 Å². The van der Waals surface area contributed by atoms with E-state index in [4.69, 9.17) is 0 Å². The van der Waals surface area contributed by atoms with Gasteiger partial charge in [-0.15, -0.1) is 0 Å². The van der Waals surface area contributed by atoms with Crippen molar-refractivity contribution in [3.63, 3.8) is 0 Å². The van der Waals surface area contributed by atoms with Gasteiger partial charge < -0.3 is 14.8 Å². The summed E-state index contributed by atoms with van der Waals surface area (Å²) in [6, 6.07) is 10.9. The van der Waals surface area contributed by atoms with Crippen molar-refractivity contribution < 1.29 is 4.79 Å². The number of carbonyl (C=O) groups excluding carboxylic acids is 1. The van der Waals surface area contributed by atoms with E-state index in [9.17, 15) is 4.79 Å². The molecular weight excluding hydrogens is 348 g/mol. The van der Waals surface area contributed by atoms with Crippen molar-refractivity contribution in [1.82, 2.24) is 19.8 Å². The van der Waals surface area contributed by atoms with E-state index < -0.39 is 0 Å². The summed E-state index contributed by atoms with van der Waals surface area (Å²) in [7, 11) is 0. The molecule has 1 aliphatic heterocycles. The standard InChI is InChI=1S/C23H30N4O/c1-2-26-13-12-25-21(26)16-27(20-15-23(20)8-10-24-11-9-23)22(28)19-14-18(19)17-6-4-3-5-7-17/h3-7,12-13,18-20,24H,2,8-11,14-16H2,1H3/t18-,19-,20-/m1/s1. The predicted octanol–water partition coefficient (Wildman–Crippen LogP) is 3.18. The maximum absolute atomic E-state index is 13.6. The molecule has 0 unspecified atom stereocenters. The van der Waals surface area contributed by atoms with Crippen LogP contribution in [0.5, 0.6) is 0 Å². The molecule has 1 aromatic heterocycles. The van der Waals surface area contributed by atoms with Crippen LogP contribution in [0.4, 0.5) is 0 Å². The summed E-state index contributed by atoms with van der Waals surface area (Å²) in [5.74, 6) is 1.90. The summed E-state index contributed by atoms with van der Waals surface area (Å²) >= 11 is 0. The molecule has 2 heterocycles. The first kappa shape index (κ1) is 17.9. The van der Waals surface area contributed by atoms with Crippen LogP contribution in [-0.4, -0.2) is 39.5 Å². The van der Waals surface area contributed by atoms with Crippen LogP contribution in [-0.2, 0) is 17.9 Å². The normalized spacial score (nSPS) is 27.5. The number of hydrogen-bond acceptors (Lipinski definition) is 3. The van der Waals surface area contributed by atoms with E-state index in [1.54, 1.807) is 0 Å². The summed E-state index contributed by atoms with van der Waals surface area (Å²) in [4.78, 5) is 20.4. The van der Waals surface area contributed by atoms with Crippen LogP contribution in [0.1, 0.15) is 49.9 Å². The van der Waals surface area contributed by atoms with Gasteiger partial charge in [0.05, 0.1) is 6.54 Å². The summed E-state index contributed by atoms with van der Waals surface area (Å²) in [5.41, 5.74) is 1.66. The Kier molecular flexibility index (Phi) is 4.50. The molecular formula is C23H30N4O. The highest BCUT2D eigenvalue weighted by molar-refractivity contribution is 5.83. The SMILES string of the molecule is CCn1ccnc1CN(C(=O)[C@@H]1C[C@@H]1c1ccccc1)[C@@H]1CC12CCNCC2. The quantitative estimate of drug-likeness (QED) is 0.840. The Morgan fingerprint density at radius 1 is 1.29 bits per heavy atom. The molecule has 3 atom stereocenters. The molecule has 5 heteroatoms. The van der Waals surface area contributed by atoms with E-state index in [-0.39, 0.29) is 5.92 Å². The van der Waals surface area contributed by atoms with Crippen LogP contribution >= 0.6 is 0 Å². The zero-order chi connectivity index (χ0) is 19.1. The maximum atomic E-state index is 13.6. The summed E-state index contributed by atoms with van der Waals surface area (Å²) in [6.07, 6.45) is 8.42. The molecule has 2 aliphatic carbocycles. The lowest BCUT2D eigenvalue weighted by atomic mass is 9.93. The molecule has 28 heavy (non-hydrogen) atoms. The number of piperidine rings is 1. The first-order valence-electron chi connectivity index (χ1n) is 10.8. The second-order valence-electron chi connectivity index (χ2n) is 8.79. The number of carbonyl (C=O) groups is 1. The van der Waals surface area contributed by atoms with Gasteiger partial charge in [0.15, 0.2) is 0 Å². The van der Waals surface area contributed by atoms with Crippen LogP contribution in [0.15, 0.2) is 42.7 Å². The number of nitrogens with one attached hydrogen (secondary N) is 1. The third-order valence-corrected chi connectivity index (χ3v) is 7.19. The molecule has 3 aliphatic rings. The summed E-state index contributed by atoms with van der Waals surface area (Å²) in [6.45, 7) is 5.84. The molecule has 3 fully saturated rings. The smallest absolute Gasteiger partial charge is 0.226 e. The number of rotatable bonds is 6. The summed E-state index contributed by atoms with van der Waals surface area (Å²) < 4.78 is 2.17. The van der Waals surface area contributed by atoms with E-state index in [2.05, 4.69) is 51.0 Å². The third kappa shape index (κ3) is 3.16. The van der Waals surface area contributed by atoms with Gasteiger partial charge in [0.25, 0.3) is 0 Å². The minimum Gasteiger partial charge on any atom is -0.334 e. The number of nitrogens with zero attached hydrogens (tertiary/aromatic N) is 3. The average Bonchev–Trinajstić information content (AvgIpc) is 3.62. The number of aryl methyl sites for hydroxylation is 1. The molecule has 1 saturated heterocycles. The number of hydrogen-bond donors (Lipinski definition) is 1. The Morgan fingerprint density at radius 3 is 2.82 bits per heavy atom. The van der Waals surface area contributed by atoms with Crippen molar-refractivity contribution in [2.75, 3.05) is 13.1 Å².